The number of nitrogen functional groups attached to an aromatic ring is 1. The number of pyridine rings is 1. The van der Waals surface area contributed by atoms with Gasteiger partial charge in [-0.1, -0.05) is 12.2 Å². The highest BCUT2D eigenvalue weighted by molar-refractivity contribution is 5.90. The van der Waals surface area contributed by atoms with Gasteiger partial charge in [0.15, 0.2) is 0 Å². The van der Waals surface area contributed by atoms with Crippen LogP contribution in [-0.2, 0) is 4.74 Å². The number of anilines is 1. The molecule has 0 saturated heterocycles. The van der Waals surface area contributed by atoms with Gasteiger partial charge in [-0.05, 0) is 19.0 Å². The second-order valence-electron chi connectivity index (χ2n) is 3.17. The van der Waals surface area contributed by atoms with Gasteiger partial charge in [-0.25, -0.2) is 9.78 Å². The molecule has 0 amide bonds. The van der Waals surface area contributed by atoms with Crippen LogP contribution in [0, 0.1) is 0 Å². The van der Waals surface area contributed by atoms with Crippen molar-refractivity contribution in [3.05, 3.63) is 29.5 Å². The molecular weight excluding hydrogens is 206 g/mol. The number of rotatable bonds is 4. The number of nitrogens with zero attached hydrogens (tertiary/aromatic N) is 1. The van der Waals surface area contributed by atoms with Crippen molar-refractivity contribution in [1.82, 2.24) is 4.98 Å². The number of aromatic nitrogens is 1. The first-order valence-corrected chi connectivity index (χ1v) is 4.89. The summed E-state index contributed by atoms with van der Waals surface area (Å²) in [5.74, 6) is -0.0538. The van der Waals surface area contributed by atoms with Crippen molar-refractivity contribution in [2.45, 2.75) is 6.42 Å². The van der Waals surface area contributed by atoms with Crippen LogP contribution in [0.3, 0.4) is 0 Å². The monoisotopic (exact) mass is 221 g/mol. The molecule has 86 valence electrons. The zero-order chi connectivity index (χ0) is 12.0. The molecule has 0 bridgehead atoms. The molecule has 1 aromatic rings. The molecule has 1 aromatic heterocycles. The maximum absolute atomic E-state index is 11.3. The van der Waals surface area contributed by atoms with E-state index in [-0.39, 0.29) is 0 Å². The van der Waals surface area contributed by atoms with E-state index >= 15 is 0 Å². The Morgan fingerprint density at radius 2 is 2.38 bits per heavy atom. The van der Waals surface area contributed by atoms with Crippen molar-refractivity contribution in [2.24, 2.45) is 5.73 Å². The second-order valence-corrected chi connectivity index (χ2v) is 3.17. The van der Waals surface area contributed by atoms with E-state index in [1.54, 1.807) is 12.1 Å². The fraction of sp³-hybridized carbons (Fsp3) is 0.273. The third-order valence-electron chi connectivity index (χ3n) is 2.00. The van der Waals surface area contributed by atoms with Gasteiger partial charge in [0, 0.05) is 11.8 Å². The topological polar surface area (TPSA) is 91.2 Å². The van der Waals surface area contributed by atoms with Crippen molar-refractivity contribution in [3.63, 3.8) is 0 Å². The highest BCUT2D eigenvalue weighted by atomic mass is 16.5. The Balaban J connectivity index is 2.94. The maximum Gasteiger partial charge on any atom is 0.339 e. The van der Waals surface area contributed by atoms with Crippen LogP contribution in [0.15, 0.2) is 18.3 Å². The predicted octanol–water partition coefficient (Wildman–Crippen LogP) is 0.812. The predicted molar refractivity (Wildman–Crippen MR) is 62.7 cm³/mol. The van der Waals surface area contributed by atoms with E-state index in [1.807, 2.05) is 6.08 Å². The molecule has 0 aromatic carbocycles. The summed E-state index contributed by atoms with van der Waals surface area (Å²) in [6.07, 6.45) is 5.82. The number of carbonyl (C=O) groups is 1. The molecule has 1 rings (SSSR count). The average Bonchev–Trinajstić information content (AvgIpc) is 2.31. The number of hydrogen-bond acceptors (Lipinski definition) is 5. The third-order valence-corrected chi connectivity index (χ3v) is 2.00. The highest BCUT2D eigenvalue weighted by Crippen LogP contribution is 2.13. The summed E-state index contributed by atoms with van der Waals surface area (Å²) in [6.45, 7) is 0.570. The van der Waals surface area contributed by atoms with Gasteiger partial charge in [-0.2, -0.15) is 0 Å². The fourth-order valence-electron chi connectivity index (χ4n) is 1.16. The van der Waals surface area contributed by atoms with Crippen LogP contribution in [0.2, 0.25) is 0 Å². The molecule has 16 heavy (non-hydrogen) atoms. The van der Waals surface area contributed by atoms with E-state index in [2.05, 4.69) is 9.72 Å². The van der Waals surface area contributed by atoms with Gasteiger partial charge < -0.3 is 16.2 Å². The molecule has 0 aliphatic rings. The molecule has 0 radical (unpaired) electrons. The zero-order valence-corrected chi connectivity index (χ0v) is 9.14. The smallest absolute Gasteiger partial charge is 0.339 e. The van der Waals surface area contributed by atoms with E-state index in [9.17, 15) is 4.79 Å². The molecule has 0 fully saturated rings. The Kier molecular flexibility index (Phi) is 4.47. The van der Waals surface area contributed by atoms with Crippen molar-refractivity contribution >= 4 is 17.9 Å². The molecule has 0 unspecified atom stereocenters. The largest absolute Gasteiger partial charge is 0.465 e. The lowest BCUT2D eigenvalue weighted by Crippen LogP contribution is -2.04. The second kappa shape index (κ2) is 5.87. The van der Waals surface area contributed by atoms with Crippen LogP contribution in [0.5, 0.6) is 0 Å². The van der Waals surface area contributed by atoms with Gasteiger partial charge >= 0.3 is 5.97 Å². The van der Waals surface area contributed by atoms with E-state index in [0.29, 0.717) is 23.5 Å². The summed E-state index contributed by atoms with van der Waals surface area (Å²) in [4.78, 5) is 15.2. The van der Waals surface area contributed by atoms with Crippen LogP contribution < -0.4 is 11.5 Å². The molecule has 0 aliphatic heterocycles. The van der Waals surface area contributed by atoms with Crippen LogP contribution in [0.25, 0.3) is 6.08 Å². The number of carbonyl (C=O) groups excluding carboxylic acids is 1. The summed E-state index contributed by atoms with van der Waals surface area (Å²) in [5, 5.41) is 0. The number of nitrogens with two attached hydrogens (primary N) is 2. The summed E-state index contributed by atoms with van der Waals surface area (Å²) in [7, 11) is 1.32. The lowest BCUT2D eigenvalue weighted by molar-refractivity contribution is 0.0600. The van der Waals surface area contributed by atoms with E-state index in [1.165, 1.54) is 13.3 Å². The van der Waals surface area contributed by atoms with Gasteiger partial charge in [0.2, 0.25) is 0 Å². The number of methoxy groups -OCH3 is 1. The van der Waals surface area contributed by atoms with Crippen molar-refractivity contribution in [2.75, 3.05) is 19.4 Å². The average molecular weight is 221 g/mol. The fourth-order valence-corrected chi connectivity index (χ4v) is 1.16. The Labute approximate surface area is 94.1 Å². The number of ether oxygens (including phenoxy) is 1. The van der Waals surface area contributed by atoms with Crippen LogP contribution in [0.4, 0.5) is 5.82 Å². The van der Waals surface area contributed by atoms with Crippen molar-refractivity contribution < 1.29 is 9.53 Å². The van der Waals surface area contributed by atoms with Crippen molar-refractivity contribution in [3.8, 4) is 0 Å². The van der Waals surface area contributed by atoms with Gasteiger partial charge in [0.05, 0.1) is 12.7 Å². The minimum Gasteiger partial charge on any atom is -0.465 e. The zero-order valence-electron chi connectivity index (χ0n) is 9.14. The molecule has 0 spiro atoms. The van der Waals surface area contributed by atoms with E-state index in [0.717, 1.165) is 6.42 Å². The molecule has 1 heterocycles. The molecule has 0 saturated carbocycles. The van der Waals surface area contributed by atoms with Gasteiger partial charge in [0.1, 0.15) is 5.82 Å². The first kappa shape index (κ1) is 12.2. The number of hydrogen-bond donors (Lipinski definition) is 2. The maximum atomic E-state index is 11.3. The molecule has 4 N–H and O–H groups in total. The molecule has 5 nitrogen and oxygen atoms in total. The molecule has 0 aliphatic carbocycles. The van der Waals surface area contributed by atoms with Crippen LogP contribution in [0.1, 0.15) is 22.3 Å². The van der Waals surface area contributed by atoms with Gasteiger partial charge in [-0.15, -0.1) is 0 Å². The summed E-state index contributed by atoms with van der Waals surface area (Å²) in [6, 6.07) is 1.64. The van der Waals surface area contributed by atoms with Gasteiger partial charge in [0.25, 0.3) is 0 Å². The minimum atomic E-state index is -0.430. The number of esters is 1. The Morgan fingerprint density at radius 1 is 1.62 bits per heavy atom. The first-order chi connectivity index (χ1) is 7.69. The standard InChI is InChI=1S/C11H15N3O2/c1-16-11(15)9-6-8(4-2-3-5-12)10(13)14-7-9/h2,4,6-7H,3,5,12H2,1H3,(H2,13,14). The minimum absolute atomic E-state index is 0.376. The molecule has 5 heteroatoms. The normalized spacial score (nSPS) is 10.6. The lowest BCUT2D eigenvalue weighted by atomic mass is 10.1. The van der Waals surface area contributed by atoms with E-state index in [4.69, 9.17) is 11.5 Å². The molecular formula is C11H15N3O2. The highest BCUT2D eigenvalue weighted by Gasteiger charge is 2.07. The Hall–Kier alpha value is -1.88. The summed E-state index contributed by atoms with van der Waals surface area (Å²) in [5.41, 5.74) is 12.1. The summed E-state index contributed by atoms with van der Waals surface area (Å²) < 4.78 is 4.59. The van der Waals surface area contributed by atoms with Crippen LogP contribution in [-0.4, -0.2) is 24.6 Å². The van der Waals surface area contributed by atoms with Crippen LogP contribution >= 0.6 is 0 Å². The Bertz CT molecular complexity index is 402. The molecule has 0 atom stereocenters. The van der Waals surface area contributed by atoms with E-state index < -0.39 is 5.97 Å². The Morgan fingerprint density at radius 3 is 3.00 bits per heavy atom. The lowest BCUT2D eigenvalue weighted by Gasteiger charge is -2.02. The van der Waals surface area contributed by atoms with Gasteiger partial charge in [-0.3, -0.25) is 0 Å². The first-order valence-electron chi connectivity index (χ1n) is 4.89. The summed E-state index contributed by atoms with van der Waals surface area (Å²) >= 11 is 0. The van der Waals surface area contributed by atoms with Crippen molar-refractivity contribution in [1.29, 1.82) is 0 Å². The quantitative estimate of drug-likeness (QED) is 0.734. The third kappa shape index (κ3) is 3.06. The SMILES string of the molecule is COC(=O)c1cnc(N)c(C=CCCN)c1.